The molecule has 0 aliphatic carbocycles. The van der Waals surface area contributed by atoms with E-state index in [1.165, 1.54) is 30.1 Å². The molecule has 9 heteroatoms. The van der Waals surface area contributed by atoms with E-state index in [9.17, 15) is 22.8 Å². The second-order valence-electron chi connectivity index (χ2n) is 5.90. The Morgan fingerprint density at radius 2 is 1.96 bits per heavy atom. The molecule has 0 fully saturated rings. The van der Waals surface area contributed by atoms with Gasteiger partial charge in [-0.2, -0.15) is 13.2 Å². The molecule has 6 nitrogen and oxygen atoms in total. The lowest BCUT2D eigenvalue weighted by Crippen LogP contribution is -2.47. The van der Waals surface area contributed by atoms with Crippen molar-refractivity contribution in [1.82, 2.24) is 10.3 Å². The molecule has 1 aromatic heterocycles. The van der Waals surface area contributed by atoms with Gasteiger partial charge in [-0.15, -0.1) is 0 Å². The normalized spacial score (nSPS) is 16.0. The highest BCUT2D eigenvalue weighted by Crippen LogP contribution is 2.33. The number of carbonyl (C=O) groups excluding carboxylic acids is 2. The summed E-state index contributed by atoms with van der Waals surface area (Å²) in [5.41, 5.74) is 1.28. The van der Waals surface area contributed by atoms with E-state index in [4.69, 9.17) is 0 Å². The highest BCUT2D eigenvalue weighted by atomic mass is 19.4. The Balaban J connectivity index is 1.90. The molecule has 1 aliphatic rings. The van der Waals surface area contributed by atoms with Crippen LogP contribution in [-0.4, -0.2) is 42.7 Å². The van der Waals surface area contributed by atoms with Crippen LogP contribution in [0.25, 0.3) is 0 Å². The number of alkyl halides is 3. The SMILES string of the molecule is CNC(=O)C1Cc2ccccc2N1C(=O)c1cccc(OCC(F)(F)F)n1. The summed E-state index contributed by atoms with van der Waals surface area (Å²) in [6, 6.07) is 10.3. The van der Waals surface area contributed by atoms with Crippen molar-refractivity contribution in [3.63, 3.8) is 0 Å². The first-order valence-corrected chi connectivity index (χ1v) is 8.10. The minimum atomic E-state index is -4.51. The van der Waals surface area contributed by atoms with Crippen LogP contribution < -0.4 is 15.0 Å². The fraction of sp³-hybridized carbons (Fsp3) is 0.278. The lowest BCUT2D eigenvalue weighted by molar-refractivity contribution is -0.154. The molecule has 0 saturated carbocycles. The van der Waals surface area contributed by atoms with Crippen LogP contribution in [0.1, 0.15) is 16.1 Å². The molecule has 0 radical (unpaired) electrons. The third-order valence-electron chi connectivity index (χ3n) is 4.07. The van der Waals surface area contributed by atoms with Crippen LogP contribution in [0.2, 0.25) is 0 Å². The molecule has 0 spiro atoms. The standard InChI is InChI=1S/C18H16F3N3O3/c1-22-16(25)14-9-11-5-2-3-7-13(11)24(14)17(26)12-6-4-8-15(23-12)27-10-18(19,20)21/h2-8,14H,9-10H2,1H3,(H,22,25). The highest BCUT2D eigenvalue weighted by Gasteiger charge is 2.38. The summed E-state index contributed by atoms with van der Waals surface area (Å²) in [4.78, 5) is 30.4. The van der Waals surface area contributed by atoms with E-state index < -0.39 is 24.7 Å². The first kappa shape index (κ1) is 18.7. The summed E-state index contributed by atoms with van der Waals surface area (Å²) >= 11 is 0. The Hall–Kier alpha value is -3.10. The van der Waals surface area contributed by atoms with Gasteiger partial charge < -0.3 is 10.1 Å². The lowest BCUT2D eigenvalue weighted by atomic mass is 10.1. The molecule has 1 aromatic carbocycles. The number of anilines is 1. The van der Waals surface area contributed by atoms with E-state index in [-0.39, 0.29) is 17.5 Å². The van der Waals surface area contributed by atoms with E-state index in [1.54, 1.807) is 18.2 Å². The van der Waals surface area contributed by atoms with Gasteiger partial charge in [0.25, 0.3) is 5.91 Å². The van der Waals surface area contributed by atoms with Crippen molar-refractivity contribution in [1.29, 1.82) is 0 Å². The van der Waals surface area contributed by atoms with Crippen molar-refractivity contribution in [2.45, 2.75) is 18.6 Å². The number of amides is 2. The number of pyridine rings is 1. The van der Waals surface area contributed by atoms with Gasteiger partial charge in [-0.25, -0.2) is 4.98 Å². The first-order valence-electron chi connectivity index (χ1n) is 8.10. The predicted octanol–water partition coefficient (Wildman–Crippen LogP) is 2.34. The second kappa shape index (κ2) is 7.26. The molecule has 2 amide bonds. The number of fused-ring (bicyclic) bond motifs is 1. The van der Waals surface area contributed by atoms with Crippen LogP contribution >= 0.6 is 0 Å². The molecule has 1 N–H and O–H groups in total. The van der Waals surface area contributed by atoms with Crippen molar-refractivity contribution in [2.75, 3.05) is 18.6 Å². The van der Waals surface area contributed by atoms with Crippen LogP contribution in [0, 0.1) is 0 Å². The van der Waals surface area contributed by atoms with Gasteiger partial charge in [-0.1, -0.05) is 24.3 Å². The Morgan fingerprint density at radius 1 is 1.22 bits per heavy atom. The Morgan fingerprint density at radius 3 is 2.67 bits per heavy atom. The number of rotatable bonds is 4. The van der Waals surface area contributed by atoms with Gasteiger partial charge >= 0.3 is 6.18 Å². The molecule has 1 atom stereocenters. The van der Waals surface area contributed by atoms with Crippen molar-refractivity contribution in [3.8, 4) is 5.88 Å². The van der Waals surface area contributed by atoms with E-state index in [0.29, 0.717) is 12.1 Å². The van der Waals surface area contributed by atoms with Gasteiger partial charge in [0.1, 0.15) is 11.7 Å². The highest BCUT2D eigenvalue weighted by molar-refractivity contribution is 6.10. The minimum absolute atomic E-state index is 0.111. The first-order chi connectivity index (χ1) is 12.8. The van der Waals surface area contributed by atoms with Crippen LogP contribution in [-0.2, 0) is 11.2 Å². The van der Waals surface area contributed by atoms with E-state index in [1.807, 2.05) is 6.07 Å². The van der Waals surface area contributed by atoms with Crippen LogP contribution in [0.3, 0.4) is 0 Å². The molecule has 0 bridgehead atoms. The van der Waals surface area contributed by atoms with Crippen LogP contribution in [0.4, 0.5) is 18.9 Å². The van der Waals surface area contributed by atoms with Gasteiger partial charge in [-0.05, 0) is 17.7 Å². The average molecular weight is 379 g/mol. The number of para-hydroxylation sites is 1. The van der Waals surface area contributed by atoms with Crippen molar-refractivity contribution >= 4 is 17.5 Å². The Bertz CT molecular complexity index is 870. The number of nitrogens with one attached hydrogen (secondary N) is 1. The quantitative estimate of drug-likeness (QED) is 0.885. The summed E-state index contributed by atoms with van der Waals surface area (Å²) in [6.07, 6.45) is -4.17. The van der Waals surface area contributed by atoms with Gasteiger partial charge in [0.2, 0.25) is 11.8 Å². The maximum absolute atomic E-state index is 13.0. The number of benzene rings is 1. The number of ether oxygens (including phenoxy) is 1. The number of nitrogens with zero attached hydrogens (tertiary/aromatic N) is 2. The summed E-state index contributed by atoms with van der Waals surface area (Å²) < 4.78 is 41.6. The number of likely N-dealkylation sites (N-methyl/N-ethyl adjacent to an activating group) is 1. The molecule has 2 aromatic rings. The summed E-state index contributed by atoms with van der Waals surface area (Å²) in [5, 5.41) is 2.52. The van der Waals surface area contributed by atoms with Crippen LogP contribution in [0.15, 0.2) is 42.5 Å². The van der Waals surface area contributed by atoms with E-state index >= 15 is 0 Å². The van der Waals surface area contributed by atoms with Gasteiger partial charge in [-0.3, -0.25) is 14.5 Å². The minimum Gasteiger partial charge on any atom is -0.468 e. The molecule has 3 rings (SSSR count). The summed E-state index contributed by atoms with van der Waals surface area (Å²) in [7, 11) is 1.47. The van der Waals surface area contributed by atoms with Gasteiger partial charge in [0.15, 0.2) is 6.61 Å². The smallest absolute Gasteiger partial charge is 0.422 e. The van der Waals surface area contributed by atoms with Crippen molar-refractivity contribution in [3.05, 3.63) is 53.7 Å². The largest absolute Gasteiger partial charge is 0.468 e. The molecule has 27 heavy (non-hydrogen) atoms. The Kier molecular flexibility index (Phi) is 5.02. The zero-order chi connectivity index (χ0) is 19.6. The fourth-order valence-electron chi connectivity index (χ4n) is 2.91. The number of hydrogen-bond donors (Lipinski definition) is 1. The molecular weight excluding hydrogens is 363 g/mol. The lowest BCUT2D eigenvalue weighted by Gasteiger charge is -2.24. The van der Waals surface area contributed by atoms with Crippen molar-refractivity contribution in [2.24, 2.45) is 0 Å². The second-order valence-corrected chi connectivity index (χ2v) is 5.90. The van der Waals surface area contributed by atoms with E-state index in [2.05, 4.69) is 15.0 Å². The van der Waals surface area contributed by atoms with Gasteiger partial charge in [0, 0.05) is 25.2 Å². The maximum atomic E-state index is 13.0. The molecule has 1 unspecified atom stereocenters. The van der Waals surface area contributed by atoms with Crippen LogP contribution in [0.5, 0.6) is 5.88 Å². The zero-order valence-electron chi connectivity index (χ0n) is 14.3. The summed E-state index contributed by atoms with van der Waals surface area (Å²) in [5.74, 6) is -1.25. The fourth-order valence-corrected chi connectivity index (χ4v) is 2.91. The number of hydrogen-bond acceptors (Lipinski definition) is 4. The molecule has 0 saturated heterocycles. The molecular formula is C18H16F3N3O3. The topological polar surface area (TPSA) is 71.5 Å². The number of carbonyl (C=O) groups is 2. The number of halogens is 3. The monoisotopic (exact) mass is 379 g/mol. The maximum Gasteiger partial charge on any atom is 0.422 e. The van der Waals surface area contributed by atoms with Crippen molar-refractivity contribution < 1.29 is 27.5 Å². The zero-order valence-corrected chi connectivity index (χ0v) is 14.3. The molecule has 1 aliphatic heterocycles. The number of aromatic nitrogens is 1. The third-order valence-corrected chi connectivity index (χ3v) is 4.07. The van der Waals surface area contributed by atoms with Gasteiger partial charge in [0.05, 0.1) is 0 Å². The Labute approximate surface area is 152 Å². The summed E-state index contributed by atoms with van der Waals surface area (Å²) in [6.45, 7) is -1.51. The third kappa shape index (κ3) is 4.02. The molecule has 2 heterocycles. The predicted molar refractivity (Wildman–Crippen MR) is 90.6 cm³/mol. The average Bonchev–Trinajstić information content (AvgIpc) is 3.04. The molecule has 142 valence electrons. The van der Waals surface area contributed by atoms with E-state index in [0.717, 1.165) is 5.56 Å².